The van der Waals surface area contributed by atoms with Crippen LogP contribution in [-0.4, -0.2) is 4.98 Å². The van der Waals surface area contributed by atoms with Crippen LogP contribution in [0, 0.1) is 0 Å². The quantitative estimate of drug-likeness (QED) is 0.714. The Morgan fingerprint density at radius 2 is 1.83 bits per heavy atom. The average Bonchev–Trinajstić information content (AvgIpc) is 2.47. The fraction of sp³-hybridized carbons (Fsp3) is 0.118. The molecule has 90 valence electrons. The van der Waals surface area contributed by atoms with Crippen molar-refractivity contribution in [2.45, 2.75) is 12.8 Å². The molecule has 0 aliphatic rings. The Morgan fingerprint density at radius 1 is 1.11 bits per heavy atom. The van der Waals surface area contributed by atoms with E-state index in [-0.39, 0.29) is 0 Å². The van der Waals surface area contributed by atoms with Gasteiger partial charge in [-0.2, -0.15) is 0 Å². The Morgan fingerprint density at radius 3 is 2.39 bits per heavy atom. The number of pyridine rings is 1. The van der Waals surface area contributed by atoms with Crippen molar-refractivity contribution >= 4 is 5.57 Å². The molecule has 0 saturated carbocycles. The van der Waals surface area contributed by atoms with E-state index in [9.17, 15) is 0 Å². The second-order valence-electron chi connectivity index (χ2n) is 4.34. The highest BCUT2D eigenvalue weighted by atomic mass is 14.7. The van der Waals surface area contributed by atoms with E-state index in [1.54, 1.807) is 6.08 Å². The van der Waals surface area contributed by atoms with Crippen LogP contribution in [0.4, 0.5) is 0 Å². The van der Waals surface area contributed by atoms with E-state index in [1.807, 2.05) is 18.3 Å². The first-order valence-corrected chi connectivity index (χ1v) is 6.05. The van der Waals surface area contributed by atoms with E-state index < -0.39 is 0 Å². The smallest absolute Gasteiger partial charge is 0.0695 e. The Kier molecular flexibility index (Phi) is 3.73. The topological polar surface area (TPSA) is 12.9 Å². The first kappa shape index (κ1) is 12.3. The van der Waals surface area contributed by atoms with Gasteiger partial charge >= 0.3 is 0 Å². The first-order valence-electron chi connectivity index (χ1n) is 6.05. The maximum Gasteiger partial charge on any atom is 0.0695 e. The van der Waals surface area contributed by atoms with Crippen LogP contribution in [0.1, 0.15) is 29.7 Å². The molecular weight excluding hydrogens is 218 g/mol. The maximum absolute atomic E-state index is 4.43. The minimum atomic E-state index is 0.352. The fourth-order valence-corrected chi connectivity index (χ4v) is 1.89. The number of aromatic nitrogens is 1. The third-order valence-corrected chi connectivity index (χ3v) is 3.16. The summed E-state index contributed by atoms with van der Waals surface area (Å²) in [5.74, 6) is 0.352. The lowest BCUT2D eigenvalue weighted by Gasteiger charge is -2.12. The highest BCUT2D eigenvalue weighted by molar-refractivity contribution is 5.68. The highest BCUT2D eigenvalue weighted by Crippen LogP contribution is 2.24. The molecule has 0 radical (unpaired) electrons. The van der Waals surface area contributed by atoms with Crippen LogP contribution in [0.5, 0.6) is 0 Å². The molecule has 1 heteroatoms. The van der Waals surface area contributed by atoms with Crippen molar-refractivity contribution in [3.63, 3.8) is 0 Å². The molecule has 0 amide bonds. The molecule has 0 N–H and O–H groups in total. The SMILES string of the molecule is C=CC(=C)c1ccc(C(C)c2ccccc2)cn1. The molecule has 1 aromatic heterocycles. The lowest BCUT2D eigenvalue weighted by Crippen LogP contribution is -1.97. The number of allylic oxidation sites excluding steroid dienone is 2. The molecule has 0 aliphatic carbocycles. The zero-order valence-electron chi connectivity index (χ0n) is 10.6. The lowest BCUT2D eigenvalue weighted by molar-refractivity contribution is 0.910. The van der Waals surface area contributed by atoms with Gasteiger partial charge in [0.05, 0.1) is 5.69 Å². The van der Waals surface area contributed by atoms with E-state index >= 15 is 0 Å². The first-order chi connectivity index (χ1) is 8.72. The summed E-state index contributed by atoms with van der Waals surface area (Å²) < 4.78 is 0. The zero-order valence-corrected chi connectivity index (χ0v) is 10.6. The molecule has 1 heterocycles. The van der Waals surface area contributed by atoms with Gasteiger partial charge in [-0.3, -0.25) is 4.98 Å². The molecule has 0 bridgehead atoms. The summed E-state index contributed by atoms with van der Waals surface area (Å²) in [4.78, 5) is 4.43. The highest BCUT2D eigenvalue weighted by Gasteiger charge is 2.08. The van der Waals surface area contributed by atoms with Gasteiger partial charge in [0.1, 0.15) is 0 Å². The van der Waals surface area contributed by atoms with Gasteiger partial charge in [0.25, 0.3) is 0 Å². The predicted octanol–water partition coefficient (Wildman–Crippen LogP) is 4.43. The van der Waals surface area contributed by atoms with E-state index in [0.29, 0.717) is 5.92 Å². The third-order valence-electron chi connectivity index (χ3n) is 3.16. The molecule has 1 atom stereocenters. The van der Waals surface area contributed by atoms with Crippen LogP contribution in [0.2, 0.25) is 0 Å². The van der Waals surface area contributed by atoms with Gasteiger partial charge in [0.15, 0.2) is 0 Å². The largest absolute Gasteiger partial charge is 0.256 e. The minimum Gasteiger partial charge on any atom is -0.256 e. The van der Waals surface area contributed by atoms with Gasteiger partial charge in [-0.25, -0.2) is 0 Å². The van der Waals surface area contributed by atoms with Crippen LogP contribution in [0.25, 0.3) is 5.57 Å². The summed E-state index contributed by atoms with van der Waals surface area (Å²) in [5, 5.41) is 0. The molecule has 2 aromatic rings. The Bertz CT molecular complexity index is 538. The van der Waals surface area contributed by atoms with Gasteiger partial charge in [-0.1, -0.05) is 62.6 Å². The Hall–Kier alpha value is -2.15. The summed E-state index contributed by atoms with van der Waals surface area (Å²) in [5.41, 5.74) is 4.25. The van der Waals surface area contributed by atoms with Crippen molar-refractivity contribution in [2.75, 3.05) is 0 Å². The van der Waals surface area contributed by atoms with Crippen molar-refractivity contribution in [2.24, 2.45) is 0 Å². The lowest BCUT2D eigenvalue weighted by atomic mass is 9.94. The second kappa shape index (κ2) is 5.46. The molecule has 18 heavy (non-hydrogen) atoms. The van der Waals surface area contributed by atoms with Gasteiger partial charge in [-0.05, 0) is 22.8 Å². The molecule has 1 aromatic carbocycles. The third kappa shape index (κ3) is 2.57. The molecule has 0 spiro atoms. The number of hydrogen-bond donors (Lipinski definition) is 0. The molecule has 1 nitrogen and oxygen atoms in total. The van der Waals surface area contributed by atoms with Gasteiger partial charge in [0.2, 0.25) is 0 Å². The molecule has 0 fully saturated rings. The molecule has 0 aliphatic heterocycles. The van der Waals surface area contributed by atoms with Crippen LogP contribution in [-0.2, 0) is 0 Å². The number of rotatable bonds is 4. The van der Waals surface area contributed by atoms with Crippen molar-refractivity contribution < 1.29 is 0 Å². The zero-order chi connectivity index (χ0) is 13.0. The van der Waals surface area contributed by atoms with Gasteiger partial charge in [0, 0.05) is 12.1 Å². The molecule has 2 rings (SSSR count). The summed E-state index contributed by atoms with van der Waals surface area (Å²) in [6.45, 7) is 9.79. The second-order valence-corrected chi connectivity index (χ2v) is 4.34. The standard InChI is InChI=1S/C17H17N/c1-4-13(2)17-11-10-16(12-18-17)14(3)15-8-6-5-7-9-15/h4-12,14H,1-2H2,3H3. The van der Waals surface area contributed by atoms with Crippen molar-refractivity contribution in [1.82, 2.24) is 4.98 Å². The van der Waals surface area contributed by atoms with Crippen LogP contribution in [0.3, 0.4) is 0 Å². The van der Waals surface area contributed by atoms with E-state index in [0.717, 1.165) is 11.3 Å². The van der Waals surface area contributed by atoms with E-state index in [1.165, 1.54) is 11.1 Å². The van der Waals surface area contributed by atoms with Crippen molar-refractivity contribution in [3.8, 4) is 0 Å². The number of benzene rings is 1. The predicted molar refractivity (Wildman–Crippen MR) is 77.4 cm³/mol. The summed E-state index contributed by atoms with van der Waals surface area (Å²) >= 11 is 0. The maximum atomic E-state index is 4.43. The van der Waals surface area contributed by atoms with Crippen LogP contribution in [0.15, 0.2) is 67.9 Å². The minimum absolute atomic E-state index is 0.352. The summed E-state index contributed by atoms with van der Waals surface area (Å²) in [6, 6.07) is 14.5. The monoisotopic (exact) mass is 235 g/mol. The molecule has 0 saturated heterocycles. The molecule has 1 unspecified atom stereocenters. The van der Waals surface area contributed by atoms with Crippen LogP contribution >= 0.6 is 0 Å². The molecular formula is C17H17N. The van der Waals surface area contributed by atoms with Crippen molar-refractivity contribution in [3.05, 3.63) is 84.7 Å². The van der Waals surface area contributed by atoms with Gasteiger partial charge in [-0.15, -0.1) is 0 Å². The fourth-order valence-electron chi connectivity index (χ4n) is 1.89. The average molecular weight is 235 g/mol. The van der Waals surface area contributed by atoms with E-state index in [2.05, 4.69) is 55.4 Å². The van der Waals surface area contributed by atoms with Crippen molar-refractivity contribution in [1.29, 1.82) is 0 Å². The summed E-state index contributed by atoms with van der Waals surface area (Å²) in [7, 11) is 0. The normalized spacial score (nSPS) is 11.8. The Balaban J connectivity index is 2.25. The number of hydrogen-bond acceptors (Lipinski definition) is 1. The van der Waals surface area contributed by atoms with E-state index in [4.69, 9.17) is 0 Å². The summed E-state index contributed by atoms with van der Waals surface area (Å²) in [6.07, 6.45) is 3.64. The Labute approximate surface area is 109 Å². The van der Waals surface area contributed by atoms with Gasteiger partial charge < -0.3 is 0 Å². The number of nitrogens with zero attached hydrogens (tertiary/aromatic N) is 1. The van der Waals surface area contributed by atoms with Crippen LogP contribution < -0.4 is 0 Å².